The van der Waals surface area contributed by atoms with Crippen LogP contribution in [0, 0.1) is 0 Å². The Morgan fingerprint density at radius 1 is 0.380 bits per heavy atom. The Morgan fingerprint density at radius 2 is 1.00 bits per heavy atom. The molecule has 0 aliphatic carbocycles. The number of fused-ring (bicyclic) bond motifs is 6. The van der Waals surface area contributed by atoms with Crippen LogP contribution in [0.5, 0.6) is 0 Å². The van der Waals surface area contributed by atoms with Crippen LogP contribution in [0.2, 0.25) is 0 Å². The number of H-pyrrole nitrogens is 1. The molecule has 0 aliphatic rings. The molecule has 0 bridgehead atoms. The first kappa shape index (κ1) is 28.3. The van der Waals surface area contributed by atoms with Crippen LogP contribution < -0.4 is 0 Å². The SMILES string of the molecule is c1ccc(-c2ccc(-c3nc(-c4ccccc4)cc(-c4ccccc4-n4c5ccccc5c5cc6c(cc54)[nH]c4ccccc46)n3)cc2)cc1. The van der Waals surface area contributed by atoms with E-state index in [1.807, 2.05) is 12.1 Å². The Kier molecular flexibility index (Phi) is 6.46. The van der Waals surface area contributed by atoms with E-state index in [9.17, 15) is 0 Å². The summed E-state index contributed by atoms with van der Waals surface area (Å²) >= 11 is 0. The summed E-state index contributed by atoms with van der Waals surface area (Å²) in [5.74, 6) is 0.692. The number of rotatable bonds is 5. The van der Waals surface area contributed by atoms with Crippen molar-refractivity contribution in [3.63, 3.8) is 0 Å². The second-order valence-electron chi connectivity index (χ2n) is 12.7. The van der Waals surface area contributed by atoms with Crippen LogP contribution in [0.3, 0.4) is 0 Å². The van der Waals surface area contributed by atoms with Gasteiger partial charge in [0.1, 0.15) is 0 Å². The molecule has 0 unspecified atom stereocenters. The maximum Gasteiger partial charge on any atom is 0.160 e. The first-order valence-electron chi connectivity index (χ1n) is 16.9. The van der Waals surface area contributed by atoms with Gasteiger partial charge in [0, 0.05) is 49.3 Å². The summed E-state index contributed by atoms with van der Waals surface area (Å²) in [6, 6.07) is 62.0. The van der Waals surface area contributed by atoms with Crippen molar-refractivity contribution in [2.24, 2.45) is 0 Å². The smallest absolute Gasteiger partial charge is 0.160 e. The molecular weight excluding hydrogens is 609 g/mol. The van der Waals surface area contributed by atoms with Gasteiger partial charge in [-0.3, -0.25) is 0 Å². The average Bonchev–Trinajstić information content (AvgIpc) is 3.72. The predicted octanol–water partition coefficient (Wildman–Crippen LogP) is 11.9. The van der Waals surface area contributed by atoms with E-state index >= 15 is 0 Å². The van der Waals surface area contributed by atoms with Crippen LogP contribution in [0.15, 0.2) is 176 Å². The highest BCUT2D eigenvalue weighted by molar-refractivity contribution is 6.18. The first-order chi connectivity index (χ1) is 24.8. The molecule has 3 heterocycles. The molecule has 50 heavy (non-hydrogen) atoms. The second-order valence-corrected chi connectivity index (χ2v) is 12.7. The molecule has 10 aromatic rings. The minimum absolute atomic E-state index is 0.692. The van der Waals surface area contributed by atoms with Crippen molar-refractivity contribution in [3.05, 3.63) is 176 Å². The predicted molar refractivity (Wildman–Crippen MR) is 207 cm³/mol. The van der Waals surface area contributed by atoms with Crippen molar-refractivity contribution in [3.8, 4) is 50.7 Å². The van der Waals surface area contributed by atoms with Gasteiger partial charge in [-0.15, -0.1) is 0 Å². The summed E-state index contributed by atoms with van der Waals surface area (Å²) in [6.07, 6.45) is 0. The van der Waals surface area contributed by atoms with E-state index in [0.29, 0.717) is 5.82 Å². The fourth-order valence-corrected chi connectivity index (χ4v) is 7.37. The zero-order chi connectivity index (χ0) is 33.0. The van der Waals surface area contributed by atoms with E-state index in [4.69, 9.17) is 9.97 Å². The lowest BCUT2D eigenvalue weighted by Gasteiger charge is -2.15. The second kappa shape index (κ2) is 11.4. The first-order valence-corrected chi connectivity index (χ1v) is 16.9. The molecule has 0 atom stereocenters. The number of aromatic nitrogens is 4. The van der Waals surface area contributed by atoms with Crippen LogP contribution >= 0.6 is 0 Å². The van der Waals surface area contributed by atoms with Gasteiger partial charge in [0.25, 0.3) is 0 Å². The minimum atomic E-state index is 0.692. The largest absolute Gasteiger partial charge is 0.354 e. The highest BCUT2D eigenvalue weighted by Gasteiger charge is 2.19. The van der Waals surface area contributed by atoms with Crippen LogP contribution in [0.25, 0.3) is 94.3 Å². The fourth-order valence-electron chi connectivity index (χ4n) is 7.37. The van der Waals surface area contributed by atoms with E-state index in [2.05, 4.69) is 173 Å². The Morgan fingerprint density at radius 3 is 1.82 bits per heavy atom. The molecule has 7 aromatic carbocycles. The van der Waals surface area contributed by atoms with Gasteiger partial charge in [-0.2, -0.15) is 0 Å². The molecule has 4 heteroatoms. The Labute approximate surface area is 289 Å². The molecule has 10 rings (SSSR count). The van der Waals surface area contributed by atoms with E-state index in [-0.39, 0.29) is 0 Å². The van der Waals surface area contributed by atoms with E-state index in [1.54, 1.807) is 0 Å². The van der Waals surface area contributed by atoms with Crippen molar-refractivity contribution >= 4 is 43.6 Å². The molecule has 0 saturated carbocycles. The quantitative estimate of drug-likeness (QED) is 0.204. The van der Waals surface area contributed by atoms with E-state index in [0.717, 1.165) is 61.4 Å². The summed E-state index contributed by atoms with van der Waals surface area (Å²) in [5.41, 5.74) is 12.8. The molecule has 0 spiro atoms. The van der Waals surface area contributed by atoms with Crippen molar-refractivity contribution < 1.29 is 0 Å². The van der Waals surface area contributed by atoms with Crippen molar-refractivity contribution in [2.45, 2.75) is 0 Å². The Balaban J connectivity index is 1.20. The number of aromatic amines is 1. The standard InChI is InChI=1S/C46H30N4/c1-3-13-30(14-4-1)31-23-25-33(26-24-31)46-48-40(32-15-5-2-6-16-32)28-41(49-46)36-19-9-12-22-44(36)50-43-21-11-8-18-35(43)38-27-37-34-17-7-10-20-39(34)47-42(37)29-45(38)50/h1-29,47H. The van der Waals surface area contributed by atoms with Crippen LogP contribution in [-0.4, -0.2) is 19.5 Å². The van der Waals surface area contributed by atoms with Crippen molar-refractivity contribution in [2.75, 3.05) is 0 Å². The zero-order valence-corrected chi connectivity index (χ0v) is 27.1. The molecule has 0 radical (unpaired) electrons. The van der Waals surface area contributed by atoms with Crippen molar-refractivity contribution in [1.29, 1.82) is 0 Å². The lowest BCUT2D eigenvalue weighted by Crippen LogP contribution is -2.00. The van der Waals surface area contributed by atoms with Crippen LogP contribution in [0.4, 0.5) is 0 Å². The van der Waals surface area contributed by atoms with Gasteiger partial charge in [-0.25, -0.2) is 9.97 Å². The lowest BCUT2D eigenvalue weighted by atomic mass is 10.0. The maximum absolute atomic E-state index is 5.28. The fraction of sp³-hybridized carbons (Fsp3) is 0. The zero-order valence-electron chi connectivity index (χ0n) is 27.1. The van der Waals surface area contributed by atoms with E-state index < -0.39 is 0 Å². The summed E-state index contributed by atoms with van der Waals surface area (Å²) in [4.78, 5) is 14.1. The molecule has 0 saturated heterocycles. The van der Waals surface area contributed by atoms with E-state index in [1.165, 1.54) is 27.1 Å². The Bertz CT molecular complexity index is 2850. The van der Waals surface area contributed by atoms with Gasteiger partial charge in [0.05, 0.1) is 28.1 Å². The van der Waals surface area contributed by atoms with Gasteiger partial charge in [0.2, 0.25) is 0 Å². The number of nitrogens with zero attached hydrogens (tertiary/aromatic N) is 3. The van der Waals surface area contributed by atoms with Crippen LogP contribution in [-0.2, 0) is 0 Å². The molecule has 4 nitrogen and oxygen atoms in total. The molecule has 234 valence electrons. The number of nitrogens with one attached hydrogen (secondary N) is 1. The molecule has 0 amide bonds. The summed E-state index contributed by atoms with van der Waals surface area (Å²) in [7, 11) is 0. The number of hydrogen-bond acceptors (Lipinski definition) is 2. The number of para-hydroxylation sites is 3. The summed E-state index contributed by atoms with van der Waals surface area (Å²) in [5, 5.41) is 4.91. The number of benzene rings is 7. The third-order valence-corrected chi connectivity index (χ3v) is 9.77. The topological polar surface area (TPSA) is 46.5 Å². The van der Waals surface area contributed by atoms with Crippen LogP contribution in [0.1, 0.15) is 0 Å². The third kappa shape index (κ3) is 4.61. The van der Waals surface area contributed by atoms with Gasteiger partial charge in [-0.1, -0.05) is 140 Å². The van der Waals surface area contributed by atoms with Crippen molar-refractivity contribution in [1.82, 2.24) is 19.5 Å². The molecule has 3 aromatic heterocycles. The Hall–Kier alpha value is -6.78. The maximum atomic E-state index is 5.28. The molecule has 0 aliphatic heterocycles. The van der Waals surface area contributed by atoms with Gasteiger partial charge < -0.3 is 9.55 Å². The summed E-state index contributed by atoms with van der Waals surface area (Å²) < 4.78 is 2.39. The minimum Gasteiger partial charge on any atom is -0.354 e. The molecule has 0 fully saturated rings. The lowest BCUT2D eigenvalue weighted by molar-refractivity contribution is 1.15. The highest BCUT2D eigenvalue weighted by Crippen LogP contribution is 2.40. The number of hydrogen-bond donors (Lipinski definition) is 1. The molecular formula is C46H30N4. The third-order valence-electron chi connectivity index (χ3n) is 9.77. The monoisotopic (exact) mass is 638 g/mol. The normalized spacial score (nSPS) is 11.6. The highest BCUT2D eigenvalue weighted by atomic mass is 15.0. The average molecular weight is 639 g/mol. The van der Waals surface area contributed by atoms with Gasteiger partial charge >= 0.3 is 0 Å². The van der Waals surface area contributed by atoms with Gasteiger partial charge in [0.15, 0.2) is 5.82 Å². The van der Waals surface area contributed by atoms with Gasteiger partial charge in [-0.05, 0) is 47.5 Å². The summed E-state index contributed by atoms with van der Waals surface area (Å²) in [6.45, 7) is 0. The molecule has 1 N–H and O–H groups in total.